The van der Waals surface area contributed by atoms with Crippen molar-refractivity contribution in [2.75, 3.05) is 5.32 Å². The fraction of sp³-hybridized carbons (Fsp3) is 0.214. The lowest BCUT2D eigenvalue weighted by Crippen LogP contribution is -2.25. The molecule has 2 rings (SSSR count). The Kier molecular flexibility index (Phi) is 4.49. The minimum atomic E-state index is -0.117. The van der Waals surface area contributed by atoms with E-state index in [0.29, 0.717) is 13.0 Å². The van der Waals surface area contributed by atoms with E-state index in [9.17, 15) is 9.59 Å². The van der Waals surface area contributed by atoms with Crippen molar-refractivity contribution in [3.05, 3.63) is 48.0 Å². The van der Waals surface area contributed by atoms with E-state index in [1.54, 1.807) is 24.5 Å². The van der Waals surface area contributed by atoms with Crippen LogP contribution in [0.4, 0.5) is 5.69 Å². The Morgan fingerprint density at radius 1 is 1.25 bits per heavy atom. The Balaban J connectivity index is 1.83. The molecule has 0 bridgehead atoms. The number of imidazole rings is 1. The molecule has 0 radical (unpaired) electrons. The molecule has 2 amide bonds. The normalized spacial score (nSPS) is 10.1. The fourth-order valence-corrected chi connectivity index (χ4v) is 1.73. The van der Waals surface area contributed by atoms with Gasteiger partial charge in [-0.25, -0.2) is 4.98 Å². The van der Waals surface area contributed by atoms with Crippen molar-refractivity contribution in [1.29, 1.82) is 0 Å². The van der Waals surface area contributed by atoms with E-state index < -0.39 is 0 Å². The number of carbonyl (C=O) groups excluding carboxylic acids is 2. The highest BCUT2D eigenvalue weighted by Gasteiger charge is 2.04. The molecule has 6 heteroatoms. The summed E-state index contributed by atoms with van der Waals surface area (Å²) in [6.07, 6.45) is 3.64. The van der Waals surface area contributed by atoms with Crippen LogP contribution in [0.25, 0.3) is 0 Å². The average molecular weight is 272 g/mol. The van der Waals surface area contributed by atoms with E-state index in [2.05, 4.69) is 20.6 Å². The fourth-order valence-electron chi connectivity index (χ4n) is 1.73. The van der Waals surface area contributed by atoms with Crippen molar-refractivity contribution < 1.29 is 9.59 Å². The number of amides is 2. The lowest BCUT2D eigenvalue weighted by molar-refractivity contribution is -0.120. The van der Waals surface area contributed by atoms with Gasteiger partial charge >= 0.3 is 0 Å². The summed E-state index contributed by atoms with van der Waals surface area (Å²) < 4.78 is 0. The molecule has 2 aromatic rings. The predicted molar refractivity (Wildman–Crippen MR) is 74.9 cm³/mol. The Morgan fingerprint density at radius 2 is 2.00 bits per heavy atom. The third-order valence-electron chi connectivity index (χ3n) is 2.65. The molecule has 3 N–H and O–H groups in total. The van der Waals surface area contributed by atoms with Gasteiger partial charge in [0.25, 0.3) is 0 Å². The molecule has 104 valence electrons. The molecule has 0 fully saturated rings. The summed E-state index contributed by atoms with van der Waals surface area (Å²) in [5, 5.41) is 5.46. The van der Waals surface area contributed by atoms with Gasteiger partial charge in [0.05, 0.1) is 13.0 Å². The summed E-state index contributed by atoms with van der Waals surface area (Å²) in [5.41, 5.74) is 1.60. The molecule has 0 aliphatic carbocycles. The second kappa shape index (κ2) is 6.51. The van der Waals surface area contributed by atoms with Gasteiger partial charge in [-0.3, -0.25) is 9.59 Å². The monoisotopic (exact) mass is 272 g/mol. The molecule has 0 aliphatic rings. The van der Waals surface area contributed by atoms with Gasteiger partial charge in [0, 0.05) is 25.0 Å². The van der Waals surface area contributed by atoms with E-state index in [1.165, 1.54) is 6.92 Å². The number of aromatic amines is 1. The SMILES string of the molecule is CC(=O)Nc1ccc(CC(=O)NCc2ncc[nH]2)cc1. The molecular formula is C14H16N4O2. The molecular weight excluding hydrogens is 256 g/mol. The van der Waals surface area contributed by atoms with E-state index in [-0.39, 0.29) is 11.8 Å². The van der Waals surface area contributed by atoms with Gasteiger partial charge in [0.2, 0.25) is 11.8 Å². The van der Waals surface area contributed by atoms with Crippen molar-refractivity contribution in [3.63, 3.8) is 0 Å². The number of hydrogen-bond donors (Lipinski definition) is 3. The zero-order chi connectivity index (χ0) is 14.4. The highest BCUT2D eigenvalue weighted by molar-refractivity contribution is 5.88. The highest BCUT2D eigenvalue weighted by atomic mass is 16.2. The number of hydrogen-bond acceptors (Lipinski definition) is 3. The number of benzene rings is 1. The van der Waals surface area contributed by atoms with Crippen molar-refractivity contribution in [2.45, 2.75) is 19.9 Å². The largest absolute Gasteiger partial charge is 0.349 e. The molecule has 0 spiro atoms. The first kappa shape index (κ1) is 13.8. The second-order valence-corrected chi connectivity index (χ2v) is 4.37. The van der Waals surface area contributed by atoms with E-state index in [4.69, 9.17) is 0 Å². The number of nitrogens with one attached hydrogen (secondary N) is 3. The van der Waals surface area contributed by atoms with Crippen LogP contribution in [0.3, 0.4) is 0 Å². The molecule has 0 saturated heterocycles. The third kappa shape index (κ3) is 4.24. The Morgan fingerprint density at radius 3 is 2.60 bits per heavy atom. The molecule has 0 aliphatic heterocycles. The minimum absolute atomic E-state index is 0.0753. The third-order valence-corrected chi connectivity index (χ3v) is 2.65. The first-order chi connectivity index (χ1) is 9.63. The van der Waals surface area contributed by atoms with Crippen molar-refractivity contribution in [1.82, 2.24) is 15.3 Å². The van der Waals surface area contributed by atoms with Gasteiger partial charge < -0.3 is 15.6 Å². The number of aromatic nitrogens is 2. The topological polar surface area (TPSA) is 86.9 Å². The molecule has 0 saturated carbocycles. The molecule has 6 nitrogen and oxygen atoms in total. The average Bonchev–Trinajstić information content (AvgIpc) is 2.91. The highest BCUT2D eigenvalue weighted by Crippen LogP contribution is 2.09. The lowest BCUT2D eigenvalue weighted by Gasteiger charge is -2.05. The Hall–Kier alpha value is -2.63. The van der Waals surface area contributed by atoms with Crippen LogP contribution >= 0.6 is 0 Å². The van der Waals surface area contributed by atoms with E-state index in [0.717, 1.165) is 17.1 Å². The van der Waals surface area contributed by atoms with Crippen LogP contribution < -0.4 is 10.6 Å². The second-order valence-electron chi connectivity index (χ2n) is 4.37. The van der Waals surface area contributed by atoms with E-state index in [1.807, 2.05) is 12.1 Å². The zero-order valence-electron chi connectivity index (χ0n) is 11.1. The first-order valence-electron chi connectivity index (χ1n) is 6.25. The summed E-state index contributed by atoms with van der Waals surface area (Å²) in [4.78, 5) is 29.6. The van der Waals surface area contributed by atoms with Gasteiger partial charge in [-0.2, -0.15) is 0 Å². The molecule has 20 heavy (non-hydrogen) atoms. The van der Waals surface area contributed by atoms with Gasteiger partial charge in [-0.15, -0.1) is 0 Å². The Bertz CT molecular complexity index is 576. The van der Waals surface area contributed by atoms with Gasteiger partial charge in [-0.05, 0) is 17.7 Å². The minimum Gasteiger partial charge on any atom is -0.349 e. The summed E-state index contributed by atoms with van der Waals surface area (Å²) >= 11 is 0. The molecule has 0 unspecified atom stereocenters. The maximum atomic E-state index is 11.7. The number of rotatable bonds is 5. The van der Waals surface area contributed by atoms with Crippen LogP contribution in [0.15, 0.2) is 36.7 Å². The van der Waals surface area contributed by atoms with Crippen LogP contribution in [0.2, 0.25) is 0 Å². The molecule has 1 heterocycles. The smallest absolute Gasteiger partial charge is 0.224 e. The quantitative estimate of drug-likeness (QED) is 0.765. The zero-order valence-corrected chi connectivity index (χ0v) is 11.1. The van der Waals surface area contributed by atoms with Crippen LogP contribution in [0.5, 0.6) is 0 Å². The summed E-state index contributed by atoms with van der Waals surface area (Å²) in [6, 6.07) is 7.18. The maximum absolute atomic E-state index is 11.7. The first-order valence-corrected chi connectivity index (χ1v) is 6.25. The standard InChI is InChI=1S/C14H16N4O2/c1-10(19)18-12-4-2-11(3-5-12)8-14(20)17-9-13-15-6-7-16-13/h2-7H,8-9H2,1H3,(H,15,16)(H,17,20)(H,18,19). The lowest BCUT2D eigenvalue weighted by atomic mass is 10.1. The Labute approximate surface area is 116 Å². The number of anilines is 1. The number of carbonyl (C=O) groups is 2. The van der Waals surface area contributed by atoms with E-state index >= 15 is 0 Å². The number of nitrogens with zero attached hydrogens (tertiary/aromatic N) is 1. The predicted octanol–water partition coefficient (Wildman–Crippen LogP) is 1.23. The molecule has 1 aromatic carbocycles. The summed E-state index contributed by atoms with van der Waals surface area (Å²) in [6.45, 7) is 1.84. The van der Waals surface area contributed by atoms with Crippen LogP contribution in [-0.4, -0.2) is 21.8 Å². The van der Waals surface area contributed by atoms with Crippen molar-refractivity contribution in [2.24, 2.45) is 0 Å². The maximum Gasteiger partial charge on any atom is 0.224 e. The number of H-pyrrole nitrogens is 1. The van der Waals surface area contributed by atoms with Crippen LogP contribution in [-0.2, 0) is 22.6 Å². The van der Waals surface area contributed by atoms with Crippen LogP contribution in [0.1, 0.15) is 18.3 Å². The van der Waals surface area contributed by atoms with Gasteiger partial charge in [0.15, 0.2) is 0 Å². The summed E-state index contributed by atoms with van der Waals surface area (Å²) in [7, 11) is 0. The van der Waals surface area contributed by atoms with Crippen molar-refractivity contribution >= 4 is 17.5 Å². The summed E-state index contributed by atoms with van der Waals surface area (Å²) in [5.74, 6) is 0.530. The van der Waals surface area contributed by atoms with Crippen LogP contribution in [0, 0.1) is 0 Å². The molecule has 1 aromatic heterocycles. The van der Waals surface area contributed by atoms with Crippen molar-refractivity contribution in [3.8, 4) is 0 Å². The van der Waals surface area contributed by atoms with Gasteiger partial charge in [0.1, 0.15) is 5.82 Å². The van der Waals surface area contributed by atoms with Gasteiger partial charge in [-0.1, -0.05) is 12.1 Å². The molecule has 0 atom stereocenters.